The second-order valence-electron chi connectivity index (χ2n) is 11.3. The van der Waals surface area contributed by atoms with Crippen LogP contribution in [0.25, 0.3) is 22.0 Å². The van der Waals surface area contributed by atoms with Crippen molar-refractivity contribution in [2.75, 3.05) is 31.1 Å². The maximum Gasteiger partial charge on any atom is 0.245 e. The number of aromatic nitrogens is 2. The quantitative estimate of drug-likeness (QED) is 0.466. The van der Waals surface area contributed by atoms with Gasteiger partial charge in [0, 0.05) is 78.4 Å². The molecule has 0 N–H and O–H groups in total. The number of amides is 1. The van der Waals surface area contributed by atoms with Crippen LogP contribution < -0.4 is 4.90 Å². The van der Waals surface area contributed by atoms with Crippen LogP contribution in [0.2, 0.25) is 5.02 Å². The highest BCUT2D eigenvalue weighted by Gasteiger charge is 2.49. The van der Waals surface area contributed by atoms with Gasteiger partial charge in [0.25, 0.3) is 0 Å². The summed E-state index contributed by atoms with van der Waals surface area (Å²) in [4.78, 5) is 21.3. The van der Waals surface area contributed by atoms with Gasteiger partial charge in [-0.05, 0) is 38.5 Å². The number of pyridine rings is 1. The van der Waals surface area contributed by atoms with Crippen molar-refractivity contribution in [1.29, 1.82) is 5.26 Å². The lowest BCUT2D eigenvalue weighted by atomic mass is 9.79. The predicted octanol–water partition coefficient (Wildman–Crippen LogP) is 4.84. The Hall–Kier alpha value is -3.34. The Labute approximate surface area is 221 Å². The van der Waals surface area contributed by atoms with E-state index in [1.165, 1.54) is 6.08 Å². The molecule has 3 aliphatic rings. The van der Waals surface area contributed by atoms with Crippen LogP contribution in [0.5, 0.6) is 0 Å². The maximum atomic E-state index is 12.1. The molecule has 2 fully saturated rings. The first kappa shape index (κ1) is 24.0. The number of aryl methyl sites for hydroxylation is 1. The number of hydrogen-bond acceptors (Lipinski definition) is 5. The summed E-state index contributed by atoms with van der Waals surface area (Å²) in [6.45, 7) is 11.2. The summed E-state index contributed by atoms with van der Waals surface area (Å²) in [7, 11) is 2.00. The molecule has 0 radical (unpaired) electrons. The smallest absolute Gasteiger partial charge is 0.245 e. The fraction of sp³-hybridized carbons (Fsp3) is 0.414. The molecule has 3 aromatic rings. The Kier molecular flexibility index (Phi) is 5.41. The number of hydrogen-bond donors (Lipinski definition) is 0. The van der Waals surface area contributed by atoms with Crippen LogP contribution >= 0.6 is 11.6 Å². The lowest BCUT2D eigenvalue weighted by molar-refractivity contribution is -0.136. The van der Waals surface area contributed by atoms with E-state index in [1.807, 2.05) is 36.3 Å². The molecule has 1 amide bonds. The molecule has 37 heavy (non-hydrogen) atoms. The van der Waals surface area contributed by atoms with E-state index in [0.29, 0.717) is 23.6 Å². The number of benzene rings is 1. The third-order valence-electron chi connectivity index (χ3n) is 8.20. The predicted molar refractivity (Wildman–Crippen MR) is 144 cm³/mol. The molecule has 6 rings (SSSR count). The highest BCUT2D eigenvalue weighted by Crippen LogP contribution is 2.46. The summed E-state index contributed by atoms with van der Waals surface area (Å²) in [6, 6.07) is 8.46. The minimum Gasteiger partial charge on any atom is -0.370 e. The molecular weight excluding hydrogens is 486 g/mol. The van der Waals surface area contributed by atoms with Crippen LogP contribution in [0.4, 0.5) is 5.82 Å². The summed E-state index contributed by atoms with van der Waals surface area (Å²) in [5, 5.41) is 12.2. The van der Waals surface area contributed by atoms with Crippen LogP contribution in [0.3, 0.4) is 0 Å². The van der Waals surface area contributed by atoms with E-state index in [2.05, 4.69) is 36.0 Å². The first-order chi connectivity index (χ1) is 17.6. The van der Waals surface area contributed by atoms with Crippen molar-refractivity contribution >= 4 is 34.2 Å². The molecule has 5 heterocycles. The van der Waals surface area contributed by atoms with Crippen molar-refractivity contribution in [2.45, 2.75) is 38.9 Å². The van der Waals surface area contributed by atoms with E-state index in [-0.39, 0.29) is 16.9 Å². The van der Waals surface area contributed by atoms with Gasteiger partial charge in [-0.2, -0.15) is 5.26 Å². The van der Waals surface area contributed by atoms with E-state index in [9.17, 15) is 10.1 Å². The summed E-state index contributed by atoms with van der Waals surface area (Å²) < 4.78 is 8.29. The van der Waals surface area contributed by atoms with E-state index in [4.69, 9.17) is 21.3 Å². The van der Waals surface area contributed by atoms with Crippen molar-refractivity contribution in [3.63, 3.8) is 0 Å². The molecule has 0 unspecified atom stereocenters. The summed E-state index contributed by atoms with van der Waals surface area (Å²) >= 11 is 6.56. The molecule has 8 heteroatoms. The average molecular weight is 516 g/mol. The molecule has 1 aromatic carbocycles. The van der Waals surface area contributed by atoms with Gasteiger partial charge in [0.15, 0.2) is 0 Å². The fourth-order valence-corrected chi connectivity index (χ4v) is 6.54. The molecule has 0 aliphatic carbocycles. The Bertz CT molecular complexity index is 1510. The Balaban J connectivity index is 1.51. The van der Waals surface area contributed by atoms with Crippen LogP contribution in [0.15, 0.2) is 37.1 Å². The Morgan fingerprint density at radius 2 is 2.05 bits per heavy atom. The third kappa shape index (κ3) is 3.74. The van der Waals surface area contributed by atoms with Gasteiger partial charge in [0.05, 0.1) is 23.4 Å². The number of fused-ring (bicyclic) bond motifs is 2. The number of ether oxygens (including phenoxy) is 1. The molecule has 0 bridgehead atoms. The number of carbonyl (C=O) groups excluding carboxylic acids is 1. The maximum absolute atomic E-state index is 12.1. The number of halogens is 1. The van der Waals surface area contributed by atoms with E-state index in [1.54, 1.807) is 0 Å². The standard InChI is InChI=1S/C29H30ClN5O2/c1-5-24(36)35-16-29(17-35)9-11-34(15-29)27-20(13-31)25(21-14-37-28(2,3)12-23(21)32-27)19-6-7-22(30)18-8-10-33(4)26(18)19/h5-8,10H,1,9,11-12,14-17H2,2-4H3. The average Bonchev–Trinajstić information content (AvgIpc) is 3.47. The molecule has 2 aromatic heterocycles. The molecule has 7 nitrogen and oxygen atoms in total. The summed E-state index contributed by atoms with van der Waals surface area (Å²) in [6.07, 6.45) is 5.01. The van der Waals surface area contributed by atoms with Gasteiger partial charge in [-0.3, -0.25) is 4.79 Å². The van der Waals surface area contributed by atoms with Gasteiger partial charge in [0.2, 0.25) is 5.91 Å². The minimum absolute atomic E-state index is 0.0208. The number of carbonyl (C=O) groups is 1. The van der Waals surface area contributed by atoms with Crippen molar-refractivity contribution in [3.8, 4) is 17.2 Å². The van der Waals surface area contributed by atoms with Gasteiger partial charge >= 0.3 is 0 Å². The monoisotopic (exact) mass is 515 g/mol. The van der Waals surface area contributed by atoms with Gasteiger partial charge in [-0.1, -0.05) is 24.2 Å². The molecule has 0 saturated carbocycles. The van der Waals surface area contributed by atoms with Gasteiger partial charge in [-0.15, -0.1) is 0 Å². The lowest BCUT2D eigenvalue weighted by Crippen LogP contribution is -2.59. The zero-order valence-electron chi connectivity index (χ0n) is 21.5. The zero-order chi connectivity index (χ0) is 26.1. The van der Waals surface area contributed by atoms with Gasteiger partial charge < -0.3 is 19.1 Å². The lowest BCUT2D eigenvalue weighted by Gasteiger charge is -2.47. The fourth-order valence-electron chi connectivity index (χ4n) is 6.32. The number of nitriles is 1. The van der Waals surface area contributed by atoms with Crippen LogP contribution in [0, 0.1) is 16.7 Å². The summed E-state index contributed by atoms with van der Waals surface area (Å²) in [5.41, 5.74) is 5.07. The SMILES string of the molecule is C=CC(=O)N1CC2(CCN(c3nc4c(c(-c5ccc(Cl)c6ccn(C)c56)c3C#N)COC(C)(C)C4)C2)C1. The highest BCUT2D eigenvalue weighted by molar-refractivity contribution is 6.36. The molecule has 1 spiro atoms. The molecule has 2 saturated heterocycles. The third-order valence-corrected chi connectivity index (χ3v) is 8.53. The second-order valence-corrected chi connectivity index (χ2v) is 11.7. The molecule has 0 atom stereocenters. The largest absolute Gasteiger partial charge is 0.370 e. The van der Waals surface area contributed by atoms with E-state index < -0.39 is 0 Å². The van der Waals surface area contributed by atoms with Crippen molar-refractivity contribution in [3.05, 3.63) is 58.9 Å². The van der Waals surface area contributed by atoms with Crippen LogP contribution in [0.1, 0.15) is 37.1 Å². The Morgan fingerprint density at radius 1 is 1.27 bits per heavy atom. The number of nitrogens with zero attached hydrogens (tertiary/aromatic N) is 5. The topological polar surface area (TPSA) is 74.4 Å². The van der Waals surface area contributed by atoms with E-state index in [0.717, 1.165) is 71.7 Å². The number of anilines is 1. The Morgan fingerprint density at radius 3 is 2.78 bits per heavy atom. The van der Waals surface area contributed by atoms with Crippen LogP contribution in [-0.2, 0) is 29.6 Å². The second kappa shape index (κ2) is 8.34. The first-order valence-corrected chi connectivity index (χ1v) is 13.0. The first-order valence-electron chi connectivity index (χ1n) is 12.7. The normalized spacial score (nSPS) is 19.5. The molecule has 3 aliphatic heterocycles. The highest BCUT2D eigenvalue weighted by atomic mass is 35.5. The van der Waals surface area contributed by atoms with E-state index >= 15 is 0 Å². The van der Waals surface area contributed by atoms with Crippen molar-refractivity contribution < 1.29 is 9.53 Å². The number of rotatable bonds is 3. The van der Waals surface area contributed by atoms with Gasteiger partial charge in [-0.25, -0.2) is 4.98 Å². The van der Waals surface area contributed by atoms with Crippen molar-refractivity contribution in [2.24, 2.45) is 12.5 Å². The zero-order valence-corrected chi connectivity index (χ0v) is 22.2. The molecular formula is C29H30ClN5O2. The molecule has 190 valence electrons. The number of likely N-dealkylation sites (tertiary alicyclic amines) is 1. The van der Waals surface area contributed by atoms with Crippen LogP contribution in [-0.4, -0.2) is 52.1 Å². The van der Waals surface area contributed by atoms with Crippen molar-refractivity contribution in [1.82, 2.24) is 14.5 Å². The minimum atomic E-state index is -0.339. The summed E-state index contributed by atoms with van der Waals surface area (Å²) in [5.74, 6) is 0.712. The van der Waals surface area contributed by atoms with Gasteiger partial charge in [0.1, 0.15) is 17.5 Å².